The van der Waals surface area contributed by atoms with Gasteiger partial charge in [-0.25, -0.2) is 0 Å². The summed E-state index contributed by atoms with van der Waals surface area (Å²) in [5.41, 5.74) is 2.36. The highest BCUT2D eigenvalue weighted by Crippen LogP contribution is 2.30. The van der Waals surface area contributed by atoms with Crippen molar-refractivity contribution in [3.8, 4) is 5.75 Å². The van der Waals surface area contributed by atoms with E-state index >= 15 is 0 Å². The van der Waals surface area contributed by atoms with Gasteiger partial charge in [0.25, 0.3) is 0 Å². The van der Waals surface area contributed by atoms with Gasteiger partial charge >= 0.3 is 0 Å². The van der Waals surface area contributed by atoms with Crippen LogP contribution in [0.2, 0.25) is 0 Å². The van der Waals surface area contributed by atoms with Gasteiger partial charge in [-0.1, -0.05) is 73.7 Å². The summed E-state index contributed by atoms with van der Waals surface area (Å²) in [5.74, 6) is 0.971. The van der Waals surface area contributed by atoms with Crippen LogP contribution in [-0.2, 0) is 6.54 Å². The van der Waals surface area contributed by atoms with Crippen LogP contribution < -0.4 is 10.1 Å². The van der Waals surface area contributed by atoms with Gasteiger partial charge in [0.1, 0.15) is 5.75 Å². The Kier molecular flexibility index (Phi) is 4.74. The summed E-state index contributed by atoms with van der Waals surface area (Å²) in [6.45, 7) is 3.60. The lowest BCUT2D eigenvalue weighted by Crippen LogP contribution is -2.05. The van der Waals surface area contributed by atoms with E-state index in [0.717, 1.165) is 31.0 Å². The van der Waals surface area contributed by atoms with Crippen LogP contribution in [0.25, 0.3) is 21.5 Å². The van der Waals surface area contributed by atoms with E-state index in [0.29, 0.717) is 0 Å². The maximum Gasteiger partial charge on any atom is 0.124 e. The summed E-state index contributed by atoms with van der Waals surface area (Å²) >= 11 is 0. The molecule has 0 spiro atoms. The molecule has 2 heteroatoms. The molecule has 0 amide bonds. The molecule has 4 aromatic rings. The molecular formula is C24H23NO. The summed E-state index contributed by atoms with van der Waals surface area (Å²) in [4.78, 5) is 0. The van der Waals surface area contributed by atoms with Gasteiger partial charge in [-0.3, -0.25) is 0 Å². The molecule has 2 nitrogen and oxygen atoms in total. The molecular weight excluding hydrogens is 318 g/mol. The molecule has 0 aliphatic rings. The normalized spacial score (nSPS) is 11.0. The number of nitrogens with one attached hydrogen (secondary N) is 1. The van der Waals surface area contributed by atoms with Crippen molar-refractivity contribution in [3.05, 3.63) is 84.4 Å². The van der Waals surface area contributed by atoms with Gasteiger partial charge in [0.05, 0.1) is 6.61 Å². The Morgan fingerprint density at radius 3 is 2.23 bits per heavy atom. The fourth-order valence-electron chi connectivity index (χ4n) is 3.41. The third-order valence-corrected chi connectivity index (χ3v) is 4.70. The standard InChI is InChI=1S/C24H23NO/c1-2-16-26-24-15-14-19-9-3-5-11-20(19)22(24)17-25-23-13-7-10-18-8-4-6-12-21(18)23/h3-15,25H,2,16-17H2,1H3. The van der Waals surface area contributed by atoms with Gasteiger partial charge in [0, 0.05) is 23.2 Å². The minimum Gasteiger partial charge on any atom is -0.493 e. The highest BCUT2D eigenvalue weighted by atomic mass is 16.5. The van der Waals surface area contributed by atoms with Gasteiger partial charge in [0.2, 0.25) is 0 Å². The van der Waals surface area contributed by atoms with Crippen molar-refractivity contribution in [3.63, 3.8) is 0 Å². The van der Waals surface area contributed by atoms with Gasteiger partial charge in [-0.15, -0.1) is 0 Å². The monoisotopic (exact) mass is 341 g/mol. The number of benzene rings is 4. The number of ether oxygens (including phenoxy) is 1. The summed E-state index contributed by atoms with van der Waals surface area (Å²) in [7, 11) is 0. The third kappa shape index (κ3) is 3.23. The topological polar surface area (TPSA) is 21.3 Å². The summed E-state index contributed by atoms with van der Waals surface area (Å²) in [6, 6.07) is 27.6. The van der Waals surface area contributed by atoms with Crippen LogP contribution in [0.15, 0.2) is 78.9 Å². The Morgan fingerprint density at radius 1 is 0.731 bits per heavy atom. The van der Waals surface area contributed by atoms with E-state index in [2.05, 4.69) is 91.1 Å². The molecule has 26 heavy (non-hydrogen) atoms. The molecule has 4 rings (SSSR count). The van der Waals surface area contributed by atoms with Gasteiger partial charge in [-0.2, -0.15) is 0 Å². The minimum absolute atomic E-state index is 0.731. The molecule has 0 aliphatic carbocycles. The number of hydrogen-bond donors (Lipinski definition) is 1. The van der Waals surface area contributed by atoms with Crippen LogP contribution in [0.4, 0.5) is 5.69 Å². The molecule has 4 aromatic carbocycles. The second-order valence-corrected chi connectivity index (χ2v) is 6.49. The molecule has 0 radical (unpaired) electrons. The zero-order chi connectivity index (χ0) is 17.8. The lowest BCUT2D eigenvalue weighted by atomic mass is 10.0. The first-order chi connectivity index (χ1) is 12.9. The molecule has 0 heterocycles. The maximum atomic E-state index is 6.03. The second-order valence-electron chi connectivity index (χ2n) is 6.49. The van der Waals surface area contributed by atoms with E-state index < -0.39 is 0 Å². The highest BCUT2D eigenvalue weighted by Gasteiger charge is 2.09. The summed E-state index contributed by atoms with van der Waals surface area (Å²) < 4.78 is 6.03. The van der Waals surface area contributed by atoms with Gasteiger partial charge in [0.15, 0.2) is 0 Å². The number of fused-ring (bicyclic) bond motifs is 2. The molecule has 0 saturated carbocycles. The Bertz CT molecular complexity index is 1030. The molecule has 0 bridgehead atoms. The number of anilines is 1. The molecule has 130 valence electrons. The zero-order valence-corrected chi connectivity index (χ0v) is 15.0. The van der Waals surface area contributed by atoms with Crippen LogP contribution in [0.5, 0.6) is 5.75 Å². The largest absolute Gasteiger partial charge is 0.493 e. The summed E-state index contributed by atoms with van der Waals surface area (Å²) in [5, 5.41) is 8.61. The van der Waals surface area contributed by atoms with Crippen molar-refractivity contribution in [2.24, 2.45) is 0 Å². The van der Waals surface area contributed by atoms with Crippen LogP contribution in [0, 0.1) is 0 Å². The molecule has 0 aliphatic heterocycles. The predicted molar refractivity (Wildman–Crippen MR) is 111 cm³/mol. The van der Waals surface area contributed by atoms with E-state index in [4.69, 9.17) is 4.74 Å². The van der Waals surface area contributed by atoms with Crippen LogP contribution >= 0.6 is 0 Å². The first kappa shape index (κ1) is 16.5. The van der Waals surface area contributed by atoms with E-state index in [1.807, 2.05) is 0 Å². The molecule has 0 saturated heterocycles. The minimum atomic E-state index is 0.731. The predicted octanol–water partition coefficient (Wildman–Crippen LogP) is 6.39. The zero-order valence-electron chi connectivity index (χ0n) is 15.0. The van der Waals surface area contributed by atoms with E-state index in [1.165, 1.54) is 27.1 Å². The van der Waals surface area contributed by atoms with Crippen molar-refractivity contribution in [2.45, 2.75) is 19.9 Å². The highest BCUT2D eigenvalue weighted by molar-refractivity contribution is 5.94. The smallest absolute Gasteiger partial charge is 0.124 e. The fourth-order valence-corrected chi connectivity index (χ4v) is 3.41. The molecule has 1 N–H and O–H groups in total. The van der Waals surface area contributed by atoms with Crippen molar-refractivity contribution < 1.29 is 4.74 Å². The average molecular weight is 341 g/mol. The van der Waals surface area contributed by atoms with E-state index in [9.17, 15) is 0 Å². The molecule has 0 atom stereocenters. The first-order valence-electron chi connectivity index (χ1n) is 9.22. The molecule has 0 fully saturated rings. The molecule has 0 unspecified atom stereocenters. The van der Waals surface area contributed by atoms with Crippen molar-refractivity contribution in [1.82, 2.24) is 0 Å². The lowest BCUT2D eigenvalue weighted by Gasteiger charge is -2.16. The first-order valence-corrected chi connectivity index (χ1v) is 9.22. The van der Waals surface area contributed by atoms with Crippen molar-refractivity contribution >= 4 is 27.2 Å². The second kappa shape index (κ2) is 7.49. The van der Waals surface area contributed by atoms with Crippen LogP contribution in [-0.4, -0.2) is 6.61 Å². The molecule has 0 aromatic heterocycles. The van der Waals surface area contributed by atoms with Gasteiger partial charge in [-0.05, 0) is 34.7 Å². The van der Waals surface area contributed by atoms with Crippen LogP contribution in [0.1, 0.15) is 18.9 Å². The van der Waals surface area contributed by atoms with Crippen LogP contribution in [0.3, 0.4) is 0 Å². The quantitative estimate of drug-likeness (QED) is 0.438. The fraction of sp³-hybridized carbons (Fsp3) is 0.167. The Balaban J connectivity index is 1.71. The Hall–Kier alpha value is -3.00. The maximum absolute atomic E-state index is 6.03. The van der Waals surface area contributed by atoms with Gasteiger partial charge < -0.3 is 10.1 Å². The SMILES string of the molecule is CCCOc1ccc2ccccc2c1CNc1cccc2ccccc12. The number of rotatable bonds is 6. The van der Waals surface area contributed by atoms with E-state index in [1.54, 1.807) is 0 Å². The Labute approximate surface area is 154 Å². The number of hydrogen-bond acceptors (Lipinski definition) is 2. The summed E-state index contributed by atoms with van der Waals surface area (Å²) in [6.07, 6.45) is 1.00. The van der Waals surface area contributed by atoms with E-state index in [-0.39, 0.29) is 0 Å². The lowest BCUT2D eigenvalue weighted by molar-refractivity contribution is 0.315. The van der Waals surface area contributed by atoms with Crippen molar-refractivity contribution in [1.29, 1.82) is 0 Å². The average Bonchev–Trinajstić information content (AvgIpc) is 2.70. The van der Waals surface area contributed by atoms with Crippen molar-refractivity contribution in [2.75, 3.05) is 11.9 Å². The third-order valence-electron chi connectivity index (χ3n) is 4.70. The Morgan fingerprint density at radius 2 is 1.42 bits per heavy atom.